The van der Waals surface area contributed by atoms with Gasteiger partial charge in [-0.15, -0.1) is 0 Å². The fraction of sp³-hybridized carbons (Fsp3) is 0.556. The number of rotatable bonds is 3. The van der Waals surface area contributed by atoms with E-state index in [-0.39, 0.29) is 0 Å². The maximum atomic E-state index is 5.30. The number of hydrogen-bond donors (Lipinski definition) is 3. The lowest BCUT2D eigenvalue weighted by Gasteiger charge is -2.05. The van der Waals surface area contributed by atoms with Crippen LogP contribution in [0.25, 0.3) is 0 Å². The molecule has 15 heavy (non-hydrogen) atoms. The zero-order valence-electron chi connectivity index (χ0n) is 9.41. The molecule has 0 aliphatic carbocycles. The van der Waals surface area contributed by atoms with Gasteiger partial charge in [0.25, 0.3) is 0 Å². The van der Waals surface area contributed by atoms with E-state index in [0.717, 1.165) is 17.8 Å². The SMILES string of the molecule is CCNC(=NCc1cn(C)nc1C)NN. The monoisotopic (exact) mass is 210 g/mol. The summed E-state index contributed by atoms with van der Waals surface area (Å²) in [4.78, 5) is 4.29. The number of hydrazine groups is 1. The summed E-state index contributed by atoms with van der Waals surface area (Å²) in [6.07, 6.45) is 1.96. The smallest absolute Gasteiger partial charge is 0.206 e. The molecule has 0 aromatic carbocycles. The van der Waals surface area contributed by atoms with Gasteiger partial charge in [-0.1, -0.05) is 0 Å². The number of nitrogens with one attached hydrogen (secondary N) is 2. The molecule has 0 amide bonds. The Labute approximate surface area is 89.5 Å². The predicted octanol–water partition coefficient (Wildman–Crippen LogP) is -0.343. The van der Waals surface area contributed by atoms with Crippen LogP contribution >= 0.6 is 0 Å². The minimum Gasteiger partial charge on any atom is -0.356 e. The molecule has 84 valence electrons. The molecular formula is C9H18N6. The quantitative estimate of drug-likeness (QED) is 0.276. The van der Waals surface area contributed by atoms with E-state index in [9.17, 15) is 0 Å². The molecular weight excluding hydrogens is 192 g/mol. The van der Waals surface area contributed by atoms with Crippen LogP contribution in [-0.4, -0.2) is 22.3 Å². The van der Waals surface area contributed by atoms with Crippen LogP contribution in [0.2, 0.25) is 0 Å². The second kappa shape index (κ2) is 5.35. The van der Waals surface area contributed by atoms with E-state index in [1.807, 2.05) is 27.1 Å². The van der Waals surface area contributed by atoms with Crippen molar-refractivity contribution in [3.05, 3.63) is 17.5 Å². The van der Waals surface area contributed by atoms with Crippen molar-refractivity contribution in [2.75, 3.05) is 6.54 Å². The molecule has 0 bridgehead atoms. The van der Waals surface area contributed by atoms with Crippen molar-refractivity contribution in [1.82, 2.24) is 20.5 Å². The van der Waals surface area contributed by atoms with Gasteiger partial charge in [-0.05, 0) is 13.8 Å². The van der Waals surface area contributed by atoms with E-state index < -0.39 is 0 Å². The van der Waals surface area contributed by atoms with Crippen LogP contribution in [0.3, 0.4) is 0 Å². The Morgan fingerprint density at radius 2 is 2.40 bits per heavy atom. The number of hydrogen-bond acceptors (Lipinski definition) is 3. The van der Waals surface area contributed by atoms with Crippen molar-refractivity contribution in [3.63, 3.8) is 0 Å². The highest BCUT2D eigenvalue weighted by molar-refractivity contribution is 5.79. The molecule has 0 saturated carbocycles. The van der Waals surface area contributed by atoms with Gasteiger partial charge in [0.1, 0.15) is 0 Å². The van der Waals surface area contributed by atoms with Crippen molar-refractivity contribution < 1.29 is 0 Å². The van der Waals surface area contributed by atoms with E-state index in [1.54, 1.807) is 4.68 Å². The Hall–Kier alpha value is -1.56. The molecule has 6 nitrogen and oxygen atoms in total. The van der Waals surface area contributed by atoms with Gasteiger partial charge in [0.05, 0.1) is 12.2 Å². The summed E-state index contributed by atoms with van der Waals surface area (Å²) in [7, 11) is 1.90. The first-order valence-electron chi connectivity index (χ1n) is 4.91. The normalized spacial score (nSPS) is 11.6. The highest BCUT2D eigenvalue weighted by atomic mass is 15.3. The minimum absolute atomic E-state index is 0.576. The van der Waals surface area contributed by atoms with Crippen molar-refractivity contribution in [2.24, 2.45) is 17.9 Å². The van der Waals surface area contributed by atoms with Gasteiger partial charge in [0, 0.05) is 25.4 Å². The number of aliphatic imine (C=N–C) groups is 1. The van der Waals surface area contributed by atoms with Gasteiger partial charge < -0.3 is 5.32 Å². The molecule has 0 aliphatic rings. The highest BCUT2D eigenvalue weighted by Crippen LogP contribution is 2.05. The third-order valence-electron chi connectivity index (χ3n) is 2.00. The first kappa shape index (κ1) is 11.5. The predicted molar refractivity (Wildman–Crippen MR) is 60.1 cm³/mol. The number of nitrogens with two attached hydrogens (primary N) is 1. The molecule has 1 aromatic rings. The summed E-state index contributed by atoms with van der Waals surface area (Å²) in [5.74, 6) is 5.90. The van der Waals surface area contributed by atoms with Crippen molar-refractivity contribution in [2.45, 2.75) is 20.4 Å². The molecule has 4 N–H and O–H groups in total. The van der Waals surface area contributed by atoms with Crippen LogP contribution < -0.4 is 16.6 Å². The van der Waals surface area contributed by atoms with Crippen LogP contribution in [0.5, 0.6) is 0 Å². The van der Waals surface area contributed by atoms with E-state index in [1.165, 1.54) is 0 Å². The lowest BCUT2D eigenvalue weighted by atomic mass is 10.3. The molecule has 0 unspecified atom stereocenters. The van der Waals surface area contributed by atoms with E-state index >= 15 is 0 Å². The third kappa shape index (κ3) is 3.25. The molecule has 0 saturated heterocycles. The number of aromatic nitrogens is 2. The Balaban J connectivity index is 2.65. The molecule has 1 heterocycles. The molecule has 0 radical (unpaired) electrons. The largest absolute Gasteiger partial charge is 0.356 e. The molecule has 1 aromatic heterocycles. The van der Waals surface area contributed by atoms with Crippen LogP contribution in [0, 0.1) is 6.92 Å². The summed E-state index contributed by atoms with van der Waals surface area (Å²) >= 11 is 0. The third-order valence-corrected chi connectivity index (χ3v) is 2.00. The fourth-order valence-corrected chi connectivity index (χ4v) is 1.29. The lowest BCUT2D eigenvalue weighted by molar-refractivity contribution is 0.756. The van der Waals surface area contributed by atoms with Gasteiger partial charge in [-0.3, -0.25) is 10.1 Å². The van der Waals surface area contributed by atoms with Crippen LogP contribution in [-0.2, 0) is 13.6 Å². The first-order chi connectivity index (χ1) is 7.17. The number of aryl methyl sites for hydroxylation is 2. The standard InChI is InChI=1S/C9H18N6/c1-4-11-9(13-10)12-5-8-6-15(3)14-7(8)2/h6H,4-5,10H2,1-3H3,(H2,11,12,13). The van der Waals surface area contributed by atoms with E-state index in [4.69, 9.17) is 5.84 Å². The second-order valence-corrected chi connectivity index (χ2v) is 3.25. The van der Waals surface area contributed by atoms with Crippen LogP contribution in [0.1, 0.15) is 18.2 Å². The van der Waals surface area contributed by atoms with Gasteiger partial charge in [-0.25, -0.2) is 10.8 Å². The van der Waals surface area contributed by atoms with Crippen molar-refractivity contribution in [1.29, 1.82) is 0 Å². The molecule has 0 atom stereocenters. The van der Waals surface area contributed by atoms with E-state index in [0.29, 0.717) is 12.5 Å². The average Bonchev–Trinajstić information content (AvgIpc) is 2.52. The molecule has 6 heteroatoms. The van der Waals surface area contributed by atoms with E-state index in [2.05, 4.69) is 20.8 Å². The molecule has 1 rings (SSSR count). The Kier molecular flexibility index (Phi) is 4.11. The summed E-state index contributed by atoms with van der Waals surface area (Å²) in [6.45, 7) is 5.32. The molecule has 0 spiro atoms. The van der Waals surface area contributed by atoms with Crippen molar-refractivity contribution >= 4 is 5.96 Å². The van der Waals surface area contributed by atoms with Gasteiger partial charge in [0.2, 0.25) is 5.96 Å². The number of guanidine groups is 1. The van der Waals surface area contributed by atoms with Crippen molar-refractivity contribution in [3.8, 4) is 0 Å². The zero-order valence-corrected chi connectivity index (χ0v) is 9.41. The number of nitrogens with zero attached hydrogens (tertiary/aromatic N) is 3. The second-order valence-electron chi connectivity index (χ2n) is 3.25. The maximum Gasteiger partial charge on any atom is 0.206 e. The molecule has 0 fully saturated rings. The van der Waals surface area contributed by atoms with Crippen LogP contribution in [0.4, 0.5) is 0 Å². The van der Waals surface area contributed by atoms with Gasteiger partial charge in [0.15, 0.2) is 0 Å². The van der Waals surface area contributed by atoms with Crippen LogP contribution in [0.15, 0.2) is 11.2 Å². The topological polar surface area (TPSA) is 80.3 Å². The average molecular weight is 210 g/mol. The Morgan fingerprint density at radius 1 is 1.67 bits per heavy atom. The molecule has 0 aliphatic heterocycles. The minimum atomic E-state index is 0.576. The Bertz CT molecular complexity index is 340. The maximum absolute atomic E-state index is 5.30. The summed E-state index contributed by atoms with van der Waals surface area (Å²) in [5.41, 5.74) is 4.61. The summed E-state index contributed by atoms with van der Waals surface area (Å²) in [5, 5.41) is 7.25. The Morgan fingerprint density at radius 3 is 2.87 bits per heavy atom. The highest BCUT2D eigenvalue weighted by Gasteiger charge is 2.02. The zero-order chi connectivity index (χ0) is 11.3. The van der Waals surface area contributed by atoms with Gasteiger partial charge in [-0.2, -0.15) is 5.10 Å². The summed E-state index contributed by atoms with van der Waals surface area (Å²) in [6, 6.07) is 0. The fourth-order valence-electron chi connectivity index (χ4n) is 1.29. The first-order valence-corrected chi connectivity index (χ1v) is 4.91. The lowest BCUT2D eigenvalue weighted by Crippen LogP contribution is -2.41. The summed E-state index contributed by atoms with van der Waals surface area (Å²) < 4.78 is 1.78. The van der Waals surface area contributed by atoms with Gasteiger partial charge >= 0.3 is 0 Å².